The number of H-pyrrole nitrogens is 1. The summed E-state index contributed by atoms with van der Waals surface area (Å²) in [6.45, 7) is 11.4. The minimum absolute atomic E-state index is 0.000917. The van der Waals surface area contributed by atoms with Crippen molar-refractivity contribution in [2.75, 3.05) is 13.1 Å². The molecule has 25 heavy (non-hydrogen) atoms. The van der Waals surface area contributed by atoms with Crippen LogP contribution in [-0.4, -0.2) is 40.3 Å². The molecule has 1 unspecified atom stereocenters. The quantitative estimate of drug-likeness (QED) is 0.652. The van der Waals surface area contributed by atoms with Gasteiger partial charge < -0.3 is 15.6 Å². The average Bonchev–Trinajstić information content (AvgIpc) is 2.85. The molecule has 0 aliphatic heterocycles. The number of aromatic nitrogens is 2. The number of aromatic amines is 1. The van der Waals surface area contributed by atoms with E-state index in [2.05, 4.69) is 20.6 Å². The van der Waals surface area contributed by atoms with Crippen LogP contribution in [0.5, 0.6) is 0 Å². The molecule has 0 spiro atoms. The Labute approximate surface area is 156 Å². The summed E-state index contributed by atoms with van der Waals surface area (Å²) in [6, 6.07) is 0.247. The van der Waals surface area contributed by atoms with Crippen molar-refractivity contribution in [2.24, 2.45) is 0 Å². The Hall–Kier alpha value is -1.38. The number of carbonyl (C=O) groups is 1. The fraction of sp³-hybridized carbons (Fsp3) is 0.588. The van der Waals surface area contributed by atoms with E-state index in [-0.39, 0.29) is 22.8 Å². The predicted molar refractivity (Wildman–Crippen MR) is 107 cm³/mol. The number of carbonyl (C=O) groups excluding carboxylic acids is 1. The highest BCUT2D eigenvalue weighted by atomic mass is 32.2. The van der Waals surface area contributed by atoms with Crippen molar-refractivity contribution in [1.29, 1.82) is 0 Å². The molecule has 1 amide bonds. The second-order valence-electron chi connectivity index (χ2n) is 6.13. The van der Waals surface area contributed by atoms with E-state index in [1.54, 1.807) is 0 Å². The van der Waals surface area contributed by atoms with Gasteiger partial charge in [-0.2, -0.15) is 0 Å². The highest BCUT2D eigenvalue weighted by Gasteiger charge is 2.16. The number of amides is 1. The zero-order chi connectivity index (χ0) is 18.6. The van der Waals surface area contributed by atoms with E-state index in [1.807, 2.05) is 34.6 Å². The fourth-order valence-corrected chi connectivity index (χ4v) is 4.29. The van der Waals surface area contributed by atoms with E-state index in [0.717, 1.165) is 21.8 Å². The minimum Gasteiger partial charge on any atom is -0.354 e. The van der Waals surface area contributed by atoms with Crippen LogP contribution in [0.4, 0.5) is 0 Å². The predicted octanol–water partition coefficient (Wildman–Crippen LogP) is 2.34. The Morgan fingerprint density at radius 2 is 2.08 bits per heavy atom. The first kappa shape index (κ1) is 19.9. The first-order chi connectivity index (χ1) is 11.8. The summed E-state index contributed by atoms with van der Waals surface area (Å²) in [5.74, 6) is 1.11. The summed E-state index contributed by atoms with van der Waals surface area (Å²) in [5, 5.41) is 6.67. The van der Waals surface area contributed by atoms with Gasteiger partial charge in [-0.05, 0) is 39.8 Å². The minimum atomic E-state index is -0.207. The second-order valence-corrected chi connectivity index (χ2v) is 8.67. The number of hydrogen-bond donors (Lipinski definition) is 3. The Balaban J connectivity index is 1.95. The number of nitrogens with one attached hydrogen (secondary N) is 3. The Kier molecular flexibility index (Phi) is 7.04. The van der Waals surface area contributed by atoms with Crippen molar-refractivity contribution in [2.45, 2.75) is 51.7 Å². The summed E-state index contributed by atoms with van der Waals surface area (Å²) < 4.78 is 0. The molecule has 0 saturated carbocycles. The Morgan fingerprint density at radius 3 is 2.76 bits per heavy atom. The van der Waals surface area contributed by atoms with Gasteiger partial charge in [0.05, 0.1) is 16.4 Å². The summed E-state index contributed by atoms with van der Waals surface area (Å²) in [4.78, 5) is 33.7. The maximum absolute atomic E-state index is 12.3. The summed E-state index contributed by atoms with van der Waals surface area (Å²) in [7, 11) is 0. The van der Waals surface area contributed by atoms with Crippen LogP contribution in [0, 0.1) is 13.8 Å². The molecule has 2 atom stereocenters. The number of thiophene rings is 1. The van der Waals surface area contributed by atoms with Gasteiger partial charge in [-0.25, -0.2) is 4.98 Å². The lowest BCUT2D eigenvalue weighted by atomic mass is 10.2. The lowest BCUT2D eigenvalue weighted by molar-refractivity contribution is -0.120. The van der Waals surface area contributed by atoms with Crippen molar-refractivity contribution in [3.63, 3.8) is 0 Å². The number of likely N-dealkylation sites (N-methyl/N-ethyl adjacent to an activating group) is 1. The van der Waals surface area contributed by atoms with E-state index in [4.69, 9.17) is 0 Å². The third-order valence-corrected chi connectivity index (χ3v) is 6.32. The maximum atomic E-state index is 12.3. The molecule has 0 saturated heterocycles. The smallest absolute Gasteiger partial charge is 0.259 e. The normalized spacial score (nSPS) is 13.8. The van der Waals surface area contributed by atoms with Gasteiger partial charge in [0.2, 0.25) is 5.91 Å². The van der Waals surface area contributed by atoms with Crippen molar-refractivity contribution < 1.29 is 4.79 Å². The topological polar surface area (TPSA) is 86.9 Å². The van der Waals surface area contributed by atoms with Crippen molar-refractivity contribution in [3.05, 3.63) is 26.6 Å². The third-order valence-electron chi connectivity index (χ3n) is 4.06. The van der Waals surface area contributed by atoms with E-state index in [9.17, 15) is 9.59 Å². The molecule has 0 aliphatic carbocycles. The molecular weight excluding hydrogens is 356 g/mol. The van der Waals surface area contributed by atoms with Gasteiger partial charge in [0.25, 0.3) is 5.56 Å². The summed E-state index contributed by atoms with van der Waals surface area (Å²) in [6.07, 6.45) is 0. The maximum Gasteiger partial charge on any atom is 0.259 e. The van der Waals surface area contributed by atoms with E-state index in [1.165, 1.54) is 23.1 Å². The van der Waals surface area contributed by atoms with Crippen LogP contribution in [0.25, 0.3) is 10.2 Å². The van der Waals surface area contributed by atoms with E-state index < -0.39 is 0 Å². The highest BCUT2D eigenvalue weighted by molar-refractivity contribution is 7.99. The number of fused-ring (bicyclic) bond motifs is 1. The largest absolute Gasteiger partial charge is 0.354 e. The van der Waals surface area contributed by atoms with E-state index in [0.29, 0.717) is 23.5 Å². The van der Waals surface area contributed by atoms with Gasteiger partial charge in [0, 0.05) is 17.5 Å². The molecule has 0 aromatic carbocycles. The molecule has 2 heterocycles. The molecule has 2 rings (SSSR count). The highest BCUT2D eigenvalue weighted by Crippen LogP contribution is 2.26. The molecule has 0 radical (unpaired) electrons. The van der Waals surface area contributed by atoms with Crippen LogP contribution in [0.1, 0.15) is 37.0 Å². The molecule has 138 valence electrons. The van der Waals surface area contributed by atoms with Gasteiger partial charge in [0.1, 0.15) is 10.7 Å². The van der Waals surface area contributed by atoms with Crippen LogP contribution in [0.15, 0.2) is 4.79 Å². The lowest BCUT2D eigenvalue weighted by Crippen LogP contribution is -2.41. The molecule has 0 fully saturated rings. The van der Waals surface area contributed by atoms with Crippen molar-refractivity contribution in [3.8, 4) is 0 Å². The fourth-order valence-electron chi connectivity index (χ4n) is 2.47. The number of aryl methyl sites for hydroxylation is 2. The third kappa shape index (κ3) is 5.05. The van der Waals surface area contributed by atoms with Gasteiger partial charge in [-0.15, -0.1) is 23.1 Å². The molecule has 2 aromatic heterocycles. The second kappa shape index (κ2) is 8.82. The molecule has 6 nitrogen and oxygen atoms in total. The molecule has 2 aromatic rings. The number of hydrogen-bond acceptors (Lipinski definition) is 6. The molecule has 3 N–H and O–H groups in total. The summed E-state index contributed by atoms with van der Waals surface area (Å²) in [5.41, 5.74) is 0.898. The lowest BCUT2D eigenvalue weighted by Gasteiger charge is -2.16. The number of nitrogens with zero attached hydrogens (tertiary/aromatic N) is 1. The standard InChI is InChI=1S/C17H26N4O2S2/c1-6-18-9(2)7-19-15(22)12(5)24-8-13-20-16(23)14-10(3)11(4)25-17(14)21-13/h9,12,18H,6-8H2,1-5H3,(H,19,22)(H,20,21,23)/t9-,12?/m1/s1. The molecule has 0 bridgehead atoms. The van der Waals surface area contributed by atoms with Crippen LogP contribution in [0.3, 0.4) is 0 Å². The van der Waals surface area contributed by atoms with Crippen LogP contribution in [0.2, 0.25) is 0 Å². The number of thioether (sulfide) groups is 1. The zero-order valence-corrected chi connectivity index (χ0v) is 17.0. The first-order valence-electron chi connectivity index (χ1n) is 8.45. The van der Waals surface area contributed by atoms with Gasteiger partial charge in [0.15, 0.2) is 0 Å². The zero-order valence-electron chi connectivity index (χ0n) is 15.4. The Bertz CT molecular complexity index is 800. The summed E-state index contributed by atoms with van der Waals surface area (Å²) >= 11 is 3.01. The Morgan fingerprint density at radius 1 is 1.36 bits per heavy atom. The van der Waals surface area contributed by atoms with Crippen molar-refractivity contribution in [1.82, 2.24) is 20.6 Å². The van der Waals surface area contributed by atoms with Gasteiger partial charge in [-0.3, -0.25) is 9.59 Å². The molecular formula is C17H26N4O2S2. The van der Waals surface area contributed by atoms with Gasteiger partial charge >= 0.3 is 0 Å². The first-order valence-corrected chi connectivity index (χ1v) is 10.3. The average molecular weight is 383 g/mol. The van der Waals surface area contributed by atoms with Crippen molar-refractivity contribution >= 4 is 39.2 Å². The molecule has 8 heteroatoms. The number of rotatable bonds is 8. The SMILES string of the molecule is CCN[C@H](C)CNC(=O)C(C)SCc1nc2sc(C)c(C)c2c(=O)[nH]1. The molecule has 0 aliphatic rings. The van der Waals surface area contributed by atoms with Crippen LogP contribution < -0.4 is 16.2 Å². The van der Waals surface area contributed by atoms with Gasteiger partial charge in [-0.1, -0.05) is 6.92 Å². The van der Waals surface area contributed by atoms with Crippen LogP contribution >= 0.6 is 23.1 Å². The monoisotopic (exact) mass is 382 g/mol. The van der Waals surface area contributed by atoms with Crippen LogP contribution in [-0.2, 0) is 10.5 Å². The van der Waals surface area contributed by atoms with E-state index >= 15 is 0 Å².